The molecule has 0 unspecified atom stereocenters. The summed E-state index contributed by atoms with van der Waals surface area (Å²) in [5, 5.41) is 5.30. The van der Waals surface area contributed by atoms with Gasteiger partial charge in [0.25, 0.3) is 0 Å². The standard InChI is InChI=1S/C25H35FN8O2/c1-19(28)31-34(29)17-22-14-20(15-27)2-3-21(22)4-7-25(35)33-11-9-32(10-12-33)18-23-5-6-24(16-30-23)36-13-8-26/h2-7,14,16H,8-13,15,17-18,27,29H2,1H3,(H2,28,31)/b7-4+. The molecule has 1 aromatic carbocycles. The van der Waals surface area contributed by atoms with Gasteiger partial charge in [0.05, 0.1) is 18.4 Å². The predicted octanol–water partition coefficient (Wildman–Crippen LogP) is 1.21. The number of alkyl halides is 1. The van der Waals surface area contributed by atoms with E-state index in [1.54, 1.807) is 31.3 Å². The van der Waals surface area contributed by atoms with Crippen molar-refractivity contribution in [3.63, 3.8) is 0 Å². The summed E-state index contributed by atoms with van der Waals surface area (Å²) in [4.78, 5) is 21.3. The van der Waals surface area contributed by atoms with E-state index in [4.69, 9.17) is 22.0 Å². The van der Waals surface area contributed by atoms with Crippen molar-refractivity contribution in [2.45, 2.75) is 26.6 Å². The van der Waals surface area contributed by atoms with Gasteiger partial charge in [-0.2, -0.15) is 0 Å². The van der Waals surface area contributed by atoms with Crippen molar-refractivity contribution in [3.05, 3.63) is 65.0 Å². The lowest BCUT2D eigenvalue weighted by Crippen LogP contribution is -2.47. The van der Waals surface area contributed by atoms with E-state index in [2.05, 4.69) is 15.0 Å². The van der Waals surface area contributed by atoms with Crippen LogP contribution >= 0.6 is 0 Å². The zero-order valence-electron chi connectivity index (χ0n) is 20.6. The first-order valence-corrected chi connectivity index (χ1v) is 11.9. The number of pyridine rings is 1. The van der Waals surface area contributed by atoms with Crippen LogP contribution in [0.5, 0.6) is 5.75 Å². The highest BCUT2D eigenvalue weighted by Gasteiger charge is 2.20. The number of carbonyl (C=O) groups is 1. The van der Waals surface area contributed by atoms with Crippen molar-refractivity contribution < 1.29 is 13.9 Å². The Bertz CT molecular complexity index is 1050. The fraction of sp³-hybridized carbons (Fsp3) is 0.400. The number of benzene rings is 1. The van der Waals surface area contributed by atoms with Crippen LogP contribution in [0, 0.1) is 0 Å². The predicted molar refractivity (Wildman–Crippen MR) is 138 cm³/mol. The Kier molecular flexibility index (Phi) is 10.2. The second-order valence-corrected chi connectivity index (χ2v) is 8.53. The third-order valence-electron chi connectivity index (χ3n) is 5.68. The number of hydrazine groups is 1. The van der Waals surface area contributed by atoms with Crippen LogP contribution in [0.15, 0.2) is 47.7 Å². The third kappa shape index (κ3) is 8.29. The average Bonchev–Trinajstić information content (AvgIpc) is 2.87. The molecule has 36 heavy (non-hydrogen) atoms. The average molecular weight is 499 g/mol. The molecule has 3 rings (SSSR count). The van der Waals surface area contributed by atoms with E-state index >= 15 is 0 Å². The zero-order valence-corrected chi connectivity index (χ0v) is 20.6. The first-order chi connectivity index (χ1) is 17.4. The highest BCUT2D eigenvalue weighted by atomic mass is 19.1. The van der Waals surface area contributed by atoms with Gasteiger partial charge in [0.1, 0.15) is 24.9 Å². The van der Waals surface area contributed by atoms with Crippen LogP contribution in [0.4, 0.5) is 4.39 Å². The molecular weight excluding hydrogens is 463 g/mol. The minimum atomic E-state index is -0.530. The molecule has 2 heterocycles. The Hall–Kier alpha value is -3.54. The Morgan fingerprint density at radius 3 is 2.67 bits per heavy atom. The summed E-state index contributed by atoms with van der Waals surface area (Å²) < 4.78 is 17.4. The minimum absolute atomic E-state index is 0.0276. The van der Waals surface area contributed by atoms with Gasteiger partial charge in [0, 0.05) is 45.3 Å². The van der Waals surface area contributed by atoms with Gasteiger partial charge in [-0.25, -0.2) is 15.4 Å². The molecule has 10 nitrogen and oxygen atoms in total. The van der Waals surface area contributed by atoms with E-state index in [0.717, 1.165) is 35.5 Å². The number of hydrogen-bond acceptors (Lipinski definition) is 8. The zero-order chi connectivity index (χ0) is 25.9. The molecule has 6 N–H and O–H groups in total. The number of amidine groups is 1. The van der Waals surface area contributed by atoms with Gasteiger partial charge in [0.2, 0.25) is 5.91 Å². The van der Waals surface area contributed by atoms with Gasteiger partial charge < -0.3 is 21.1 Å². The summed E-state index contributed by atoms with van der Waals surface area (Å²) in [7, 11) is 0. The van der Waals surface area contributed by atoms with Gasteiger partial charge in [0.15, 0.2) is 0 Å². The van der Waals surface area contributed by atoms with Crippen LogP contribution in [-0.2, 0) is 24.4 Å². The van der Waals surface area contributed by atoms with Crippen LogP contribution < -0.4 is 22.0 Å². The largest absolute Gasteiger partial charge is 0.489 e. The van der Waals surface area contributed by atoms with Crippen molar-refractivity contribution in [2.75, 3.05) is 39.5 Å². The molecule has 1 aliphatic rings. The molecule has 1 aliphatic heterocycles. The van der Waals surface area contributed by atoms with E-state index in [0.29, 0.717) is 44.3 Å². The summed E-state index contributed by atoms with van der Waals surface area (Å²) in [6.45, 7) is 5.31. The number of nitrogens with two attached hydrogens (primary N) is 3. The minimum Gasteiger partial charge on any atom is -0.489 e. The van der Waals surface area contributed by atoms with E-state index in [1.165, 1.54) is 5.12 Å². The number of carbonyl (C=O) groups excluding carboxylic acids is 1. The van der Waals surface area contributed by atoms with Crippen molar-refractivity contribution in [1.82, 2.24) is 19.9 Å². The fourth-order valence-electron chi connectivity index (χ4n) is 3.87. The van der Waals surface area contributed by atoms with Crippen molar-refractivity contribution in [1.29, 1.82) is 0 Å². The van der Waals surface area contributed by atoms with E-state index in [1.807, 2.05) is 29.2 Å². The third-order valence-corrected chi connectivity index (χ3v) is 5.68. The Labute approximate surface area is 211 Å². The van der Waals surface area contributed by atoms with Crippen LogP contribution in [0.2, 0.25) is 0 Å². The second-order valence-electron chi connectivity index (χ2n) is 8.53. The quantitative estimate of drug-likeness (QED) is 0.138. The molecule has 2 aromatic rings. The molecule has 1 aromatic heterocycles. The van der Waals surface area contributed by atoms with Crippen LogP contribution in [0.25, 0.3) is 6.08 Å². The highest BCUT2D eigenvalue weighted by molar-refractivity contribution is 5.92. The van der Waals surface area contributed by atoms with Crippen molar-refractivity contribution in [3.8, 4) is 5.75 Å². The Morgan fingerprint density at radius 2 is 2.03 bits per heavy atom. The number of aromatic nitrogens is 1. The molecule has 0 bridgehead atoms. The molecule has 0 atom stereocenters. The topological polar surface area (TPSA) is 139 Å². The monoisotopic (exact) mass is 498 g/mol. The number of piperazine rings is 1. The highest BCUT2D eigenvalue weighted by Crippen LogP contribution is 2.17. The van der Waals surface area contributed by atoms with E-state index in [9.17, 15) is 9.18 Å². The number of ether oxygens (including phenoxy) is 1. The SMILES string of the molecule is C/C(N)=N/N(N)Cc1cc(CN)ccc1/C=C/C(=O)N1CCN(Cc2ccc(OCCF)cn2)CC1. The van der Waals surface area contributed by atoms with Gasteiger partial charge in [-0.1, -0.05) is 18.2 Å². The van der Waals surface area contributed by atoms with Gasteiger partial charge in [-0.3, -0.25) is 14.7 Å². The number of rotatable bonds is 11. The maximum absolute atomic E-state index is 12.8. The maximum Gasteiger partial charge on any atom is 0.246 e. The Balaban J connectivity index is 1.55. The van der Waals surface area contributed by atoms with E-state index < -0.39 is 6.67 Å². The Morgan fingerprint density at radius 1 is 1.25 bits per heavy atom. The number of hydrazone groups is 1. The summed E-state index contributed by atoms with van der Waals surface area (Å²) in [6, 6.07) is 9.48. The molecule has 0 radical (unpaired) electrons. The molecule has 0 aliphatic carbocycles. The summed E-state index contributed by atoms with van der Waals surface area (Å²) in [5.41, 5.74) is 15.0. The molecular formula is C25H35FN8O2. The number of nitrogens with zero attached hydrogens (tertiary/aromatic N) is 5. The summed E-state index contributed by atoms with van der Waals surface area (Å²) in [6.07, 6.45) is 5.00. The van der Waals surface area contributed by atoms with Gasteiger partial charge in [-0.15, -0.1) is 5.10 Å². The lowest BCUT2D eigenvalue weighted by atomic mass is 10.0. The number of halogens is 1. The maximum atomic E-state index is 12.8. The molecule has 194 valence electrons. The van der Waals surface area contributed by atoms with Gasteiger partial charge in [-0.05, 0) is 41.8 Å². The number of hydrogen-bond donors (Lipinski definition) is 3. The fourth-order valence-corrected chi connectivity index (χ4v) is 3.87. The lowest BCUT2D eigenvalue weighted by Gasteiger charge is -2.34. The first-order valence-electron chi connectivity index (χ1n) is 11.9. The summed E-state index contributed by atoms with van der Waals surface area (Å²) >= 11 is 0. The van der Waals surface area contributed by atoms with Crippen molar-refractivity contribution >= 4 is 17.8 Å². The smallest absolute Gasteiger partial charge is 0.246 e. The molecule has 11 heteroatoms. The van der Waals surface area contributed by atoms with Crippen LogP contribution in [0.3, 0.4) is 0 Å². The van der Waals surface area contributed by atoms with E-state index in [-0.39, 0.29) is 12.5 Å². The molecule has 1 saturated heterocycles. The molecule has 1 amide bonds. The molecule has 1 fully saturated rings. The van der Waals surface area contributed by atoms with Gasteiger partial charge >= 0.3 is 0 Å². The molecule has 0 spiro atoms. The van der Waals surface area contributed by atoms with Crippen LogP contribution in [0.1, 0.15) is 29.3 Å². The van der Waals surface area contributed by atoms with Crippen LogP contribution in [-0.4, -0.2) is 71.1 Å². The number of amides is 1. The van der Waals surface area contributed by atoms with Crippen molar-refractivity contribution in [2.24, 2.45) is 22.4 Å². The normalized spacial score (nSPS) is 14.9. The molecule has 0 saturated carbocycles. The first kappa shape index (κ1) is 27.1. The summed E-state index contributed by atoms with van der Waals surface area (Å²) in [5.74, 6) is 6.81. The lowest BCUT2D eigenvalue weighted by molar-refractivity contribution is -0.127. The second kappa shape index (κ2) is 13.5.